The lowest BCUT2D eigenvalue weighted by Gasteiger charge is -2.24. The Morgan fingerprint density at radius 1 is 1.37 bits per heavy atom. The zero-order valence-corrected chi connectivity index (χ0v) is 21.0. The number of fused-ring (bicyclic) bond motifs is 1. The molecule has 0 aliphatic carbocycles. The Hall–Kier alpha value is -4.54. The molecule has 0 bridgehead atoms. The third kappa shape index (κ3) is 4.51. The molecule has 1 saturated heterocycles. The number of carbonyl (C=O) groups is 2. The number of anilines is 3. The average molecular weight is 521 g/mol. The van der Waals surface area contributed by atoms with Gasteiger partial charge in [-0.25, -0.2) is 9.37 Å². The SMILES string of the molecule is C=CC(=O)N1CCC[C@H]1COc1c(-c2[nH]c3c(c2Nc2cccc(F)c2OC)C(=O)NCC3)ccnc1N. The first-order valence-corrected chi connectivity index (χ1v) is 12.4. The van der Waals surface area contributed by atoms with Crippen LogP contribution in [0.2, 0.25) is 0 Å². The highest BCUT2D eigenvalue weighted by Gasteiger charge is 2.31. The number of nitrogens with zero attached hydrogens (tertiary/aromatic N) is 2. The Morgan fingerprint density at radius 3 is 3.00 bits per heavy atom. The fourth-order valence-corrected chi connectivity index (χ4v) is 5.06. The summed E-state index contributed by atoms with van der Waals surface area (Å²) >= 11 is 0. The predicted octanol–water partition coefficient (Wildman–Crippen LogP) is 3.39. The van der Waals surface area contributed by atoms with Crippen LogP contribution in [0.15, 0.2) is 43.1 Å². The molecule has 10 nitrogen and oxygen atoms in total. The van der Waals surface area contributed by atoms with Crippen LogP contribution in [0.4, 0.5) is 21.6 Å². The highest BCUT2D eigenvalue weighted by atomic mass is 19.1. The first-order valence-electron chi connectivity index (χ1n) is 12.4. The van der Waals surface area contributed by atoms with E-state index in [1.807, 2.05) is 0 Å². The van der Waals surface area contributed by atoms with Crippen molar-refractivity contribution in [1.29, 1.82) is 0 Å². The molecular weight excluding hydrogens is 491 g/mol. The number of rotatable bonds is 8. The van der Waals surface area contributed by atoms with Gasteiger partial charge in [0.15, 0.2) is 23.1 Å². The number of pyridine rings is 1. The Kier molecular flexibility index (Phi) is 6.91. The minimum Gasteiger partial charge on any atom is -0.492 e. The van der Waals surface area contributed by atoms with Crippen molar-refractivity contribution >= 4 is 29.0 Å². The van der Waals surface area contributed by atoms with Crippen molar-refractivity contribution in [3.8, 4) is 22.8 Å². The number of carbonyl (C=O) groups excluding carboxylic acids is 2. The number of hydrogen-bond acceptors (Lipinski definition) is 7. The number of para-hydroxylation sites is 1. The summed E-state index contributed by atoms with van der Waals surface area (Å²) in [4.78, 5) is 34.5. The van der Waals surface area contributed by atoms with Gasteiger partial charge in [0, 0.05) is 37.0 Å². The van der Waals surface area contributed by atoms with Gasteiger partial charge in [-0.3, -0.25) is 9.59 Å². The van der Waals surface area contributed by atoms with Gasteiger partial charge in [-0.05, 0) is 37.1 Å². The zero-order chi connectivity index (χ0) is 26.8. The molecule has 3 aromatic rings. The van der Waals surface area contributed by atoms with Crippen LogP contribution in [-0.2, 0) is 11.2 Å². The van der Waals surface area contributed by atoms with E-state index in [1.54, 1.807) is 29.3 Å². The quantitative estimate of drug-likeness (QED) is 0.335. The van der Waals surface area contributed by atoms with E-state index in [0.717, 1.165) is 18.5 Å². The molecule has 1 aromatic carbocycles. The number of nitrogens with one attached hydrogen (secondary N) is 3. The predicted molar refractivity (Wildman–Crippen MR) is 141 cm³/mol. The first kappa shape index (κ1) is 25.1. The van der Waals surface area contributed by atoms with Crippen LogP contribution in [0, 0.1) is 5.82 Å². The third-order valence-electron chi connectivity index (χ3n) is 6.85. The van der Waals surface area contributed by atoms with Gasteiger partial charge >= 0.3 is 0 Å². The van der Waals surface area contributed by atoms with Crippen molar-refractivity contribution in [2.75, 3.05) is 37.9 Å². The molecule has 5 rings (SSSR count). The van der Waals surface area contributed by atoms with Gasteiger partial charge < -0.3 is 35.7 Å². The van der Waals surface area contributed by atoms with E-state index in [-0.39, 0.29) is 36.0 Å². The second kappa shape index (κ2) is 10.4. The number of aromatic amines is 1. The van der Waals surface area contributed by atoms with Crippen molar-refractivity contribution in [1.82, 2.24) is 20.2 Å². The van der Waals surface area contributed by atoms with E-state index in [1.165, 1.54) is 19.3 Å². The fraction of sp³-hybridized carbons (Fsp3) is 0.296. The summed E-state index contributed by atoms with van der Waals surface area (Å²) in [6.07, 6.45) is 5.08. The number of H-pyrrole nitrogens is 1. The second-order valence-corrected chi connectivity index (χ2v) is 9.10. The highest BCUT2D eigenvalue weighted by molar-refractivity contribution is 6.07. The van der Waals surface area contributed by atoms with E-state index in [4.69, 9.17) is 15.2 Å². The summed E-state index contributed by atoms with van der Waals surface area (Å²) < 4.78 is 26.0. The lowest BCUT2D eigenvalue weighted by Crippen LogP contribution is -2.38. The lowest BCUT2D eigenvalue weighted by molar-refractivity contribution is -0.127. The van der Waals surface area contributed by atoms with Crippen LogP contribution in [-0.4, -0.2) is 59.5 Å². The molecule has 1 fully saturated rings. The van der Waals surface area contributed by atoms with Crippen molar-refractivity contribution < 1.29 is 23.5 Å². The number of amides is 2. The van der Waals surface area contributed by atoms with Crippen LogP contribution < -0.4 is 25.8 Å². The molecular formula is C27H29FN6O4. The maximum Gasteiger partial charge on any atom is 0.255 e. The standard InChI is InChI=1S/C27H29FN6O4/c1-3-20(35)34-13-5-6-15(34)14-38-24-16(9-11-30-26(24)29)22-23(21-18(32-22)10-12-31-27(21)36)33-19-8-4-7-17(28)25(19)37-2/h3-4,7-9,11,15,32-33H,1,5-6,10,12-14H2,2H3,(H2,29,30)(H,31,36)/t15-/m0/s1. The largest absolute Gasteiger partial charge is 0.492 e. The number of hydrogen-bond donors (Lipinski definition) is 4. The molecule has 2 aromatic heterocycles. The van der Waals surface area contributed by atoms with Gasteiger partial charge in [0.2, 0.25) is 5.91 Å². The van der Waals surface area contributed by atoms with Crippen LogP contribution >= 0.6 is 0 Å². The normalized spacial score (nSPS) is 16.5. The number of aromatic nitrogens is 2. The number of nitrogens with two attached hydrogens (primary N) is 1. The van der Waals surface area contributed by atoms with Crippen LogP contribution in [0.25, 0.3) is 11.3 Å². The molecule has 2 amide bonds. The molecule has 4 heterocycles. The molecule has 0 radical (unpaired) electrons. The Bertz CT molecular complexity index is 1400. The maximum absolute atomic E-state index is 14.5. The first-order chi connectivity index (χ1) is 18.4. The Balaban J connectivity index is 1.56. The zero-order valence-electron chi connectivity index (χ0n) is 21.0. The van der Waals surface area contributed by atoms with Crippen LogP contribution in [0.3, 0.4) is 0 Å². The fourth-order valence-electron chi connectivity index (χ4n) is 5.06. The van der Waals surface area contributed by atoms with Crippen molar-refractivity contribution in [2.24, 2.45) is 0 Å². The molecule has 38 heavy (non-hydrogen) atoms. The molecule has 2 aliphatic heterocycles. The third-order valence-corrected chi connectivity index (χ3v) is 6.85. The minimum atomic E-state index is -0.541. The van der Waals surface area contributed by atoms with Crippen LogP contribution in [0.1, 0.15) is 28.9 Å². The van der Waals surface area contributed by atoms with E-state index >= 15 is 0 Å². The number of benzene rings is 1. The topological polar surface area (TPSA) is 135 Å². The van der Waals surface area contributed by atoms with Gasteiger partial charge in [-0.2, -0.15) is 0 Å². The molecule has 0 spiro atoms. The number of halogens is 1. The Morgan fingerprint density at radius 2 is 2.21 bits per heavy atom. The summed E-state index contributed by atoms with van der Waals surface area (Å²) in [5.74, 6) is -0.453. The molecule has 5 N–H and O–H groups in total. The van der Waals surface area contributed by atoms with E-state index in [2.05, 4.69) is 27.2 Å². The van der Waals surface area contributed by atoms with Crippen molar-refractivity contribution in [3.05, 3.63) is 60.2 Å². The summed E-state index contributed by atoms with van der Waals surface area (Å²) in [6, 6.07) is 6.11. The van der Waals surface area contributed by atoms with Gasteiger partial charge in [-0.15, -0.1) is 0 Å². The molecule has 11 heteroatoms. The molecule has 2 aliphatic rings. The molecule has 0 saturated carbocycles. The van der Waals surface area contributed by atoms with E-state index < -0.39 is 5.82 Å². The molecule has 1 atom stereocenters. The van der Waals surface area contributed by atoms with Crippen LogP contribution in [0.5, 0.6) is 11.5 Å². The smallest absolute Gasteiger partial charge is 0.255 e. The summed E-state index contributed by atoms with van der Waals surface area (Å²) in [5.41, 5.74) is 9.29. The summed E-state index contributed by atoms with van der Waals surface area (Å²) in [7, 11) is 1.38. The summed E-state index contributed by atoms with van der Waals surface area (Å²) in [6.45, 7) is 4.91. The number of methoxy groups -OCH3 is 1. The summed E-state index contributed by atoms with van der Waals surface area (Å²) in [5, 5.41) is 6.07. The lowest BCUT2D eigenvalue weighted by atomic mass is 10.0. The van der Waals surface area contributed by atoms with Crippen molar-refractivity contribution in [2.45, 2.75) is 25.3 Å². The minimum absolute atomic E-state index is 0.0172. The van der Waals surface area contributed by atoms with Gasteiger partial charge in [-0.1, -0.05) is 12.6 Å². The molecule has 0 unspecified atom stereocenters. The second-order valence-electron chi connectivity index (χ2n) is 9.10. The average Bonchev–Trinajstić information content (AvgIpc) is 3.53. The van der Waals surface area contributed by atoms with E-state index in [0.29, 0.717) is 53.5 Å². The Labute approximate surface area is 219 Å². The van der Waals surface area contributed by atoms with Gasteiger partial charge in [0.25, 0.3) is 5.91 Å². The molecule has 198 valence electrons. The maximum atomic E-state index is 14.5. The number of nitrogen functional groups attached to an aromatic ring is 1. The van der Waals surface area contributed by atoms with Gasteiger partial charge in [0.05, 0.1) is 35.8 Å². The monoisotopic (exact) mass is 520 g/mol. The van der Waals surface area contributed by atoms with Gasteiger partial charge in [0.1, 0.15) is 6.61 Å². The highest BCUT2D eigenvalue weighted by Crippen LogP contribution is 2.43. The number of ether oxygens (including phenoxy) is 2. The van der Waals surface area contributed by atoms with E-state index in [9.17, 15) is 14.0 Å². The van der Waals surface area contributed by atoms with Crippen molar-refractivity contribution in [3.63, 3.8) is 0 Å². The number of likely N-dealkylation sites (tertiary alicyclic amines) is 1.